The number of likely N-dealkylation sites (N-methyl/N-ethyl adjacent to an activating group) is 1. The molecule has 1 aromatic heterocycles. The van der Waals surface area contributed by atoms with Gasteiger partial charge >= 0.3 is 6.18 Å². The molecule has 4 rings (SSSR count). The molecule has 210 valence electrons. The van der Waals surface area contributed by atoms with Crippen LogP contribution in [0.2, 0.25) is 0 Å². The van der Waals surface area contributed by atoms with Gasteiger partial charge in [0, 0.05) is 70.3 Å². The van der Waals surface area contributed by atoms with Crippen molar-refractivity contribution < 1.29 is 17.6 Å². The quantitative estimate of drug-likeness (QED) is 0.334. The highest BCUT2D eigenvalue weighted by Crippen LogP contribution is 2.35. The summed E-state index contributed by atoms with van der Waals surface area (Å²) in [6, 6.07) is 7.01. The van der Waals surface area contributed by atoms with E-state index in [-0.39, 0.29) is 11.6 Å². The van der Waals surface area contributed by atoms with Crippen LogP contribution in [0.1, 0.15) is 23.6 Å². The molecule has 11 heteroatoms. The van der Waals surface area contributed by atoms with E-state index in [4.69, 9.17) is 10.7 Å². The normalized spacial score (nSPS) is 18.1. The average molecular weight is 546 g/mol. The first-order valence-corrected chi connectivity index (χ1v) is 13.1. The minimum atomic E-state index is -4.49. The van der Waals surface area contributed by atoms with Crippen molar-refractivity contribution in [2.24, 2.45) is 10.7 Å². The van der Waals surface area contributed by atoms with Crippen LogP contribution in [0.4, 0.5) is 23.4 Å². The van der Waals surface area contributed by atoms with E-state index in [1.165, 1.54) is 18.3 Å². The molecule has 0 radical (unpaired) electrons. The molecule has 0 bridgehead atoms. The summed E-state index contributed by atoms with van der Waals surface area (Å²) < 4.78 is 54.6. The summed E-state index contributed by atoms with van der Waals surface area (Å²) in [6.07, 6.45) is -1.38. The molecule has 3 heterocycles. The summed E-state index contributed by atoms with van der Waals surface area (Å²) in [5.41, 5.74) is 7.23. The van der Waals surface area contributed by atoms with E-state index in [0.717, 1.165) is 38.8 Å². The number of anilines is 1. The van der Waals surface area contributed by atoms with E-state index >= 15 is 0 Å². The second-order valence-corrected chi connectivity index (χ2v) is 9.72. The van der Waals surface area contributed by atoms with Crippen LogP contribution in [0.5, 0.6) is 0 Å². The van der Waals surface area contributed by atoms with E-state index in [0.29, 0.717) is 54.7 Å². The largest absolute Gasteiger partial charge is 0.419 e. The molecule has 2 aliphatic heterocycles. The first-order chi connectivity index (χ1) is 18.6. The zero-order valence-electron chi connectivity index (χ0n) is 22.4. The van der Waals surface area contributed by atoms with Crippen LogP contribution in [0.25, 0.3) is 5.70 Å². The second kappa shape index (κ2) is 12.1. The smallest absolute Gasteiger partial charge is 0.398 e. The number of amidine groups is 1. The van der Waals surface area contributed by atoms with E-state index in [1.54, 1.807) is 30.0 Å². The highest BCUT2D eigenvalue weighted by atomic mass is 19.4. The third-order valence-corrected chi connectivity index (χ3v) is 7.20. The molecule has 0 spiro atoms. The van der Waals surface area contributed by atoms with Crippen LogP contribution in [0, 0.1) is 12.7 Å². The zero-order chi connectivity index (χ0) is 28.2. The molecule has 2 aromatic rings. The lowest BCUT2D eigenvalue weighted by Gasteiger charge is -2.38. The number of pyridine rings is 1. The van der Waals surface area contributed by atoms with Gasteiger partial charge in [-0.2, -0.15) is 13.2 Å². The molecule has 0 unspecified atom stereocenters. The number of aliphatic imine (C=N–C) groups is 1. The maximum atomic E-state index is 13.8. The number of aromatic nitrogens is 1. The van der Waals surface area contributed by atoms with Gasteiger partial charge in [-0.25, -0.2) is 14.4 Å². The molecule has 1 aromatic carbocycles. The Hall–Kier alpha value is -3.60. The molecule has 2 fully saturated rings. The number of hydrogen-bond acceptors (Lipinski definition) is 6. The molecule has 0 amide bonds. The summed E-state index contributed by atoms with van der Waals surface area (Å²) >= 11 is 0. The van der Waals surface area contributed by atoms with E-state index in [9.17, 15) is 17.6 Å². The third-order valence-electron chi connectivity index (χ3n) is 7.20. The Morgan fingerprint density at radius 1 is 1.05 bits per heavy atom. The second-order valence-electron chi connectivity index (χ2n) is 9.72. The maximum Gasteiger partial charge on any atom is 0.419 e. The van der Waals surface area contributed by atoms with Crippen molar-refractivity contribution in [3.8, 4) is 0 Å². The topological polar surface area (TPSA) is 64.2 Å². The van der Waals surface area contributed by atoms with Gasteiger partial charge in [0.2, 0.25) is 0 Å². The van der Waals surface area contributed by atoms with E-state index < -0.39 is 11.7 Å². The number of nitrogens with two attached hydrogens (primary N) is 1. The Morgan fingerprint density at radius 2 is 1.72 bits per heavy atom. The third kappa shape index (κ3) is 6.89. The Balaban J connectivity index is 1.57. The first-order valence-electron chi connectivity index (χ1n) is 13.1. The minimum Gasteiger partial charge on any atom is -0.398 e. The lowest BCUT2D eigenvalue weighted by molar-refractivity contribution is -0.137. The molecule has 7 nitrogen and oxygen atoms in total. The van der Waals surface area contributed by atoms with Crippen molar-refractivity contribution in [2.45, 2.75) is 20.0 Å². The number of hydrogen-bond donors (Lipinski definition) is 1. The highest BCUT2D eigenvalue weighted by molar-refractivity contribution is 5.99. The van der Waals surface area contributed by atoms with Gasteiger partial charge in [0.05, 0.1) is 5.56 Å². The highest BCUT2D eigenvalue weighted by Gasteiger charge is 2.36. The van der Waals surface area contributed by atoms with Crippen molar-refractivity contribution in [3.05, 3.63) is 77.5 Å². The fourth-order valence-electron chi connectivity index (χ4n) is 4.78. The zero-order valence-corrected chi connectivity index (χ0v) is 22.4. The first kappa shape index (κ1) is 28.4. The number of halogens is 4. The molecular formula is C28H35F4N7. The average Bonchev–Trinajstić information content (AvgIpc) is 2.93. The van der Waals surface area contributed by atoms with Crippen LogP contribution in [-0.2, 0) is 6.18 Å². The van der Waals surface area contributed by atoms with Crippen molar-refractivity contribution in [3.63, 3.8) is 0 Å². The molecule has 2 aliphatic rings. The number of benzene rings is 1. The van der Waals surface area contributed by atoms with Gasteiger partial charge < -0.3 is 25.3 Å². The van der Waals surface area contributed by atoms with Gasteiger partial charge in [-0.15, -0.1) is 0 Å². The summed E-state index contributed by atoms with van der Waals surface area (Å²) in [5, 5.41) is 0. The van der Waals surface area contributed by atoms with Crippen LogP contribution in [0.15, 0.2) is 60.0 Å². The number of nitrogens with zero attached hydrogens (tertiary/aromatic N) is 6. The van der Waals surface area contributed by atoms with Gasteiger partial charge in [-0.1, -0.05) is 13.5 Å². The van der Waals surface area contributed by atoms with Crippen molar-refractivity contribution in [2.75, 3.05) is 63.8 Å². The number of piperazine rings is 2. The SMILES string of the molecule is C=C(N=C(/C=C(\N)c1ccc(F)c(C)c1)N1CCN(c2ncccc2C(F)(F)F)CC1)N1CCN(CC)CC1. The van der Waals surface area contributed by atoms with Gasteiger partial charge in [-0.3, -0.25) is 0 Å². The van der Waals surface area contributed by atoms with Gasteiger partial charge in [0.25, 0.3) is 0 Å². The molecule has 2 saturated heterocycles. The van der Waals surface area contributed by atoms with Crippen LogP contribution >= 0.6 is 0 Å². The lowest BCUT2D eigenvalue weighted by atomic mass is 10.1. The van der Waals surface area contributed by atoms with Crippen molar-refractivity contribution in [1.82, 2.24) is 19.7 Å². The fourth-order valence-corrected chi connectivity index (χ4v) is 4.78. The predicted octanol–water partition coefficient (Wildman–Crippen LogP) is 4.18. The summed E-state index contributed by atoms with van der Waals surface area (Å²) in [5.74, 6) is 0.780. The predicted molar refractivity (Wildman–Crippen MR) is 147 cm³/mol. The van der Waals surface area contributed by atoms with E-state index in [2.05, 4.69) is 28.3 Å². The van der Waals surface area contributed by atoms with Gasteiger partial charge in [0.15, 0.2) is 0 Å². The van der Waals surface area contributed by atoms with Crippen LogP contribution in [0.3, 0.4) is 0 Å². The monoisotopic (exact) mass is 545 g/mol. The molecule has 0 saturated carbocycles. The Labute approximate surface area is 226 Å². The Bertz CT molecular complexity index is 1220. The summed E-state index contributed by atoms with van der Waals surface area (Å²) in [7, 11) is 0. The lowest BCUT2D eigenvalue weighted by Crippen LogP contribution is -2.49. The van der Waals surface area contributed by atoms with Crippen LogP contribution in [-0.4, -0.2) is 84.4 Å². The molecule has 0 atom stereocenters. The van der Waals surface area contributed by atoms with Crippen molar-refractivity contribution in [1.29, 1.82) is 0 Å². The maximum absolute atomic E-state index is 13.8. The standard InChI is InChI=1S/C28H35F4N7/c1-4-36-10-12-37(13-11-36)21(3)35-26(19-25(33)22-7-8-24(29)20(2)18-22)38-14-16-39(17-15-38)27-23(28(30,31)32)6-5-9-34-27/h5-9,18-19H,3-4,10-17,33H2,1-2H3/b25-19-,35-26?. The fraction of sp³-hybridized carbons (Fsp3) is 0.429. The number of aryl methyl sites for hydroxylation is 1. The van der Waals surface area contributed by atoms with Gasteiger partial charge in [0.1, 0.15) is 23.3 Å². The van der Waals surface area contributed by atoms with Crippen molar-refractivity contribution >= 4 is 17.4 Å². The molecule has 2 N–H and O–H groups in total. The summed E-state index contributed by atoms with van der Waals surface area (Å²) in [6.45, 7) is 13.9. The van der Waals surface area contributed by atoms with E-state index in [1.807, 2.05) is 4.90 Å². The summed E-state index contributed by atoms with van der Waals surface area (Å²) in [4.78, 5) is 17.0. The van der Waals surface area contributed by atoms with Crippen LogP contribution < -0.4 is 10.6 Å². The minimum absolute atomic E-state index is 0.0711. The molecular weight excluding hydrogens is 510 g/mol. The molecule has 0 aliphatic carbocycles. The Kier molecular flexibility index (Phi) is 8.79. The number of rotatable bonds is 6. The molecule has 39 heavy (non-hydrogen) atoms. The van der Waals surface area contributed by atoms with Gasteiger partial charge in [-0.05, 0) is 54.9 Å². The number of alkyl halides is 3. The Morgan fingerprint density at radius 3 is 2.33 bits per heavy atom.